The van der Waals surface area contributed by atoms with Gasteiger partial charge in [-0.25, -0.2) is 0 Å². The van der Waals surface area contributed by atoms with Crippen molar-refractivity contribution in [3.63, 3.8) is 0 Å². The molecule has 0 unspecified atom stereocenters. The van der Waals surface area contributed by atoms with Crippen molar-refractivity contribution in [3.05, 3.63) is 99.6 Å². The molecule has 1 fully saturated rings. The molecule has 0 N–H and O–H groups in total. The Kier molecular flexibility index (Phi) is 6.62. The van der Waals surface area contributed by atoms with E-state index in [0.717, 1.165) is 36.4 Å². The predicted molar refractivity (Wildman–Crippen MR) is 129 cm³/mol. The molecule has 0 bridgehead atoms. The summed E-state index contributed by atoms with van der Waals surface area (Å²) >= 11 is 6.15. The van der Waals surface area contributed by atoms with E-state index in [0.29, 0.717) is 21.7 Å². The highest BCUT2D eigenvalue weighted by molar-refractivity contribution is 6.30. The van der Waals surface area contributed by atoms with Crippen molar-refractivity contribution in [2.45, 2.75) is 19.0 Å². The summed E-state index contributed by atoms with van der Waals surface area (Å²) in [5, 5.41) is 28.8. The largest absolute Gasteiger partial charge is 0.361 e. The molecule has 4 rings (SSSR count). The molecule has 0 radical (unpaired) electrons. The zero-order valence-corrected chi connectivity index (χ0v) is 19.0. The van der Waals surface area contributed by atoms with Crippen LogP contribution in [0, 0.1) is 34.0 Å². The van der Waals surface area contributed by atoms with E-state index in [1.165, 1.54) is 0 Å². The van der Waals surface area contributed by atoms with Crippen LogP contribution in [-0.2, 0) is 0 Å². The van der Waals surface area contributed by atoms with Crippen molar-refractivity contribution in [2.24, 2.45) is 0 Å². The van der Waals surface area contributed by atoms with Crippen LogP contribution < -0.4 is 4.90 Å². The van der Waals surface area contributed by atoms with Crippen molar-refractivity contribution in [1.29, 1.82) is 15.8 Å². The minimum atomic E-state index is 0.0110. The summed E-state index contributed by atoms with van der Waals surface area (Å²) in [6.45, 7) is 4.48. The summed E-state index contributed by atoms with van der Waals surface area (Å²) in [5.74, 6) is 0. The van der Waals surface area contributed by atoms with Crippen LogP contribution >= 0.6 is 11.6 Å². The van der Waals surface area contributed by atoms with Crippen molar-refractivity contribution in [2.75, 3.05) is 24.5 Å². The highest BCUT2D eigenvalue weighted by Gasteiger charge is 2.32. The first-order valence-corrected chi connectivity index (χ1v) is 11.1. The Hall–Kier alpha value is -3.82. The van der Waals surface area contributed by atoms with E-state index < -0.39 is 0 Å². The minimum absolute atomic E-state index is 0.0110. The summed E-state index contributed by atoms with van der Waals surface area (Å²) in [4.78, 5) is 4.68. The SMILES string of the molecule is C[C@H](c1ccc(C#N)cc1)N1CCN(c2ccc(C#N)cc2C#N)[C@H](c2ccc(Cl)cc2)C1. The van der Waals surface area contributed by atoms with E-state index in [1.807, 2.05) is 54.6 Å². The number of benzene rings is 3. The van der Waals surface area contributed by atoms with Gasteiger partial charge in [0.05, 0.1) is 40.6 Å². The van der Waals surface area contributed by atoms with E-state index in [4.69, 9.17) is 16.9 Å². The number of hydrogen-bond donors (Lipinski definition) is 0. The van der Waals surface area contributed by atoms with E-state index in [9.17, 15) is 10.5 Å². The van der Waals surface area contributed by atoms with Crippen LogP contribution in [0.25, 0.3) is 0 Å². The fourth-order valence-electron chi connectivity index (χ4n) is 4.41. The summed E-state index contributed by atoms with van der Waals surface area (Å²) < 4.78 is 0. The lowest BCUT2D eigenvalue weighted by atomic mass is 9.97. The van der Waals surface area contributed by atoms with E-state index >= 15 is 0 Å². The average molecular weight is 452 g/mol. The van der Waals surface area contributed by atoms with Gasteiger partial charge >= 0.3 is 0 Å². The van der Waals surface area contributed by atoms with Gasteiger partial charge in [-0.1, -0.05) is 35.9 Å². The summed E-state index contributed by atoms with van der Waals surface area (Å²) in [7, 11) is 0. The number of anilines is 1. The van der Waals surface area contributed by atoms with Crippen LogP contribution in [0.15, 0.2) is 66.7 Å². The highest BCUT2D eigenvalue weighted by Crippen LogP contribution is 2.36. The third-order valence-electron chi connectivity index (χ3n) is 6.29. The number of hydrogen-bond acceptors (Lipinski definition) is 5. The molecule has 0 saturated carbocycles. The van der Waals surface area contributed by atoms with Crippen molar-refractivity contribution in [1.82, 2.24) is 4.90 Å². The Labute approximate surface area is 199 Å². The molecule has 5 nitrogen and oxygen atoms in total. The topological polar surface area (TPSA) is 77.8 Å². The first-order chi connectivity index (χ1) is 16.0. The van der Waals surface area contributed by atoms with E-state index in [2.05, 4.69) is 34.9 Å². The quantitative estimate of drug-likeness (QED) is 0.517. The van der Waals surface area contributed by atoms with Gasteiger partial charge in [0.15, 0.2) is 0 Å². The van der Waals surface area contributed by atoms with Gasteiger partial charge in [-0.3, -0.25) is 4.90 Å². The van der Waals surface area contributed by atoms with Gasteiger partial charge in [-0.15, -0.1) is 0 Å². The summed E-state index contributed by atoms with van der Waals surface area (Å²) in [5.41, 5.74) is 4.74. The van der Waals surface area contributed by atoms with Crippen molar-refractivity contribution < 1.29 is 0 Å². The molecule has 2 atom stereocenters. The molecule has 0 aliphatic carbocycles. The Morgan fingerprint density at radius 1 is 0.848 bits per heavy atom. The van der Waals surface area contributed by atoms with Gasteiger partial charge in [-0.2, -0.15) is 15.8 Å². The van der Waals surface area contributed by atoms with Gasteiger partial charge < -0.3 is 4.90 Å². The summed E-state index contributed by atoms with van der Waals surface area (Å²) in [6, 6.07) is 27.6. The molecule has 1 aliphatic heterocycles. The second-order valence-corrected chi connectivity index (χ2v) is 8.56. The predicted octanol–water partition coefficient (Wildman–Crippen LogP) is 5.58. The lowest BCUT2D eigenvalue weighted by Gasteiger charge is -2.45. The number of rotatable bonds is 4. The van der Waals surface area contributed by atoms with Crippen molar-refractivity contribution >= 4 is 17.3 Å². The Balaban J connectivity index is 1.68. The number of piperazine rings is 1. The fraction of sp³-hybridized carbons (Fsp3) is 0.222. The molecule has 3 aromatic carbocycles. The third kappa shape index (κ3) is 4.69. The number of nitrogens with zero attached hydrogens (tertiary/aromatic N) is 5. The molecule has 162 valence electrons. The standard InChI is InChI=1S/C27H22ClN5/c1-19(22-5-2-20(15-29)3-6-22)32-12-13-33(26-11-4-21(16-30)14-24(26)17-31)27(18-32)23-7-9-25(28)10-8-23/h2-11,14,19,27H,12-13,18H2,1H3/t19-,27+/m1/s1. The Morgan fingerprint density at radius 3 is 2.15 bits per heavy atom. The zero-order valence-electron chi connectivity index (χ0n) is 18.2. The first kappa shape index (κ1) is 22.4. The second kappa shape index (κ2) is 9.76. The van der Waals surface area contributed by atoms with Crippen LogP contribution in [0.4, 0.5) is 5.69 Å². The minimum Gasteiger partial charge on any atom is -0.361 e. The van der Waals surface area contributed by atoms with Gasteiger partial charge in [0, 0.05) is 30.7 Å². The lowest BCUT2D eigenvalue weighted by Crippen LogP contribution is -2.49. The molecule has 3 aromatic rings. The Morgan fingerprint density at radius 2 is 1.52 bits per heavy atom. The normalized spacial score (nSPS) is 16.9. The van der Waals surface area contributed by atoms with Gasteiger partial charge in [0.25, 0.3) is 0 Å². The van der Waals surface area contributed by atoms with Gasteiger partial charge in [0.1, 0.15) is 6.07 Å². The van der Waals surface area contributed by atoms with Crippen LogP contribution in [0.1, 0.15) is 46.8 Å². The average Bonchev–Trinajstić information content (AvgIpc) is 2.88. The van der Waals surface area contributed by atoms with Crippen LogP contribution in [-0.4, -0.2) is 24.5 Å². The molecule has 0 amide bonds. The van der Waals surface area contributed by atoms with E-state index in [-0.39, 0.29) is 12.1 Å². The smallest absolute Gasteiger partial charge is 0.101 e. The third-order valence-corrected chi connectivity index (χ3v) is 6.54. The molecule has 6 heteroatoms. The van der Waals surface area contributed by atoms with Crippen LogP contribution in [0.3, 0.4) is 0 Å². The molecule has 0 spiro atoms. The zero-order chi connectivity index (χ0) is 23.4. The van der Waals surface area contributed by atoms with Crippen LogP contribution in [0.2, 0.25) is 5.02 Å². The molecule has 33 heavy (non-hydrogen) atoms. The Bertz CT molecular complexity index is 1260. The maximum Gasteiger partial charge on any atom is 0.101 e. The maximum absolute atomic E-state index is 9.76. The molecular formula is C27H22ClN5. The second-order valence-electron chi connectivity index (χ2n) is 8.12. The van der Waals surface area contributed by atoms with Gasteiger partial charge in [-0.05, 0) is 60.5 Å². The molecular weight excluding hydrogens is 430 g/mol. The molecule has 1 aliphatic rings. The van der Waals surface area contributed by atoms with Crippen LogP contribution in [0.5, 0.6) is 0 Å². The number of nitriles is 3. The monoisotopic (exact) mass is 451 g/mol. The lowest BCUT2D eigenvalue weighted by molar-refractivity contribution is 0.171. The molecule has 1 saturated heterocycles. The first-order valence-electron chi connectivity index (χ1n) is 10.7. The summed E-state index contributed by atoms with van der Waals surface area (Å²) in [6.07, 6.45) is 0. The van der Waals surface area contributed by atoms with Gasteiger partial charge in [0.2, 0.25) is 0 Å². The van der Waals surface area contributed by atoms with E-state index in [1.54, 1.807) is 12.1 Å². The fourth-order valence-corrected chi connectivity index (χ4v) is 4.53. The number of halogens is 1. The molecule has 0 aromatic heterocycles. The maximum atomic E-state index is 9.76. The molecule has 1 heterocycles. The van der Waals surface area contributed by atoms with Crippen molar-refractivity contribution in [3.8, 4) is 18.2 Å². The highest BCUT2D eigenvalue weighted by atomic mass is 35.5.